The summed E-state index contributed by atoms with van der Waals surface area (Å²) in [7, 11) is 0. The van der Waals surface area contributed by atoms with Crippen LogP contribution in [0, 0.1) is 0 Å². The van der Waals surface area contributed by atoms with Crippen LogP contribution >= 0.6 is 0 Å². The maximum Gasteiger partial charge on any atom is 0.512 e. The maximum absolute atomic E-state index is 13.3. The van der Waals surface area contributed by atoms with Gasteiger partial charge in [-0.25, -0.2) is 4.79 Å². The highest BCUT2D eigenvalue weighted by molar-refractivity contribution is 6.11. The zero-order valence-corrected chi connectivity index (χ0v) is 22.7. The first-order valence-electron chi connectivity index (χ1n) is 13.9. The molecule has 0 saturated heterocycles. The summed E-state index contributed by atoms with van der Waals surface area (Å²) in [5.41, 5.74) is 1.66. The van der Waals surface area contributed by atoms with Crippen molar-refractivity contribution in [2.75, 3.05) is 6.61 Å². The number of hydrogen-bond acceptors (Lipinski definition) is 5. The second kappa shape index (κ2) is 15.6. The molecule has 8 heteroatoms. The van der Waals surface area contributed by atoms with E-state index < -0.39 is 12.1 Å². The number of ether oxygens (including phenoxy) is 2. The van der Waals surface area contributed by atoms with Crippen molar-refractivity contribution in [3.8, 4) is 11.6 Å². The van der Waals surface area contributed by atoms with Crippen molar-refractivity contribution in [3.05, 3.63) is 59.7 Å². The molecule has 210 valence electrons. The largest absolute Gasteiger partial charge is 0.512 e. The molecule has 2 aromatic carbocycles. The lowest BCUT2D eigenvalue weighted by Crippen LogP contribution is -2.14. The lowest BCUT2D eigenvalue weighted by Gasteiger charge is -2.12. The molecule has 8 nitrogen and oxygen atoms in total. The second-order valence-corrected chi connectivity index (χ2v) is 9.78. The third-order valence-electron chi connectivity index (χ3n) is 6.76. The number of carboxylic acids is 1. The Kier molecular flexibility index (Phi) is 11.9. The quantitative estimate of drug-likeness (QED) is 0.0980. The van der Waals surface area contributed by atoms with Gasteiger partial charge in [0.25, 0.3) is 0 Å². The fourth-order valence-electron chi connectivity index (χ4n) is 4.81. The van der Waals surface area contributed by atoms with Crippen molar-refractivity contribution < 1.29 is 34.1 Å². The van der Waals surface area contributed by atoms with Gasteiger partial charge in [0.1, 0.15) is 12.4 Å². The molecule has 3 rings (SSSR count). The van der Waals surface area contributed by atoms with Gasteiger partial charge in [-0.15, -0.1) is 0 Å². The van der Waals surface area contributed by atoms with Crippen molar-refractivity contribution in [3.63, 3.8) is 0 Å². The molecule has 0 aliphatic carbocycles. The van der Waals surface area contributed by atoms with Crippen molar-refractivity contribution in [1.29, 1.82) is 0 Å². The van der Waals surface area contributed by atoms with Gasteiger partial charge in [0, 0.05) is 11.8 Å². The molecule has 1 aromatic heterocycles. The third kappa shape index (κ3) is 9.16. The summed E-state index contributed by atoms with van der Waals surface area (Å²) >= 11 is 0. The molecule has 3 aromatic rings. The van der Waals surface area contributed by atoms with Gasteiger partial charge >= 0.3 is 12.1 Å². The fraction of sp³-hybridized carbons (Fsp3) is 0.452. The Bertz CT molecular complexity index is 1230. The lowest BCUT2D eigenvalue weighted by atomic mass is 10.0. The number of carbonyl (C=O) groups excluding carboxylic acids is 1. The topological polar surface area (TPSA) is 115 Å². The molecule has 0 fully saturated rings. The van der Waals surface area contributed by atoms with E-state index in [0.717, 1.165) is 19.3 Å². The molecule has 0 spiro atoms. The van der Waals surface area contributed by atoms with Gasteiger partial charge in [-0.05, 0) is 30.2 Å². The summed E-state index contributed by atoms with van der Waals surface area (Å²) < 4.78 is 12.7. The van der Waals surface area contributed by atoms with Gasteiger partial charge in [0.2, 0.25) is 5.88 Å². The summed E-state index contributed by atoms with van der Waals surface area (Å²) in [5.74, 6) is -0.454. The van der Waals surface area contributed by atoms with E-state index in [4.69, 9.17) is 14.6 Å². The monoisotopic (exact) mass is 537 g/mol. The molecular weight excluding hydrogens is 498 g/mol. The van der Waals surface area contributed by atoms with Crippen LogP contribution in [0.15, 0.2) is 48.5 Å². The van der Waals surface area contributed by atoms with Gasteiger partial charge in [0.15, 0.2) is 5.78 Å². The normalized spacial score (nSPS) is 11.0. The number of carboxylic acid groups (broad SMARTS) is 2. The van der Waals surface area contributed by atoms with Crippen molar-refractivity contribution >= 4 is 28.8 Å². The predicted molar refractivity (Wildman–Crippen MR) is 150 cm³/mol. The number of fused-ring (bicyclic) bond motifs is 1. The second-order valence-electron chi connectivity index (χ2n) is 9.78. The minimum absolute atomic E-state index is 0.0185. The summed E-state index contributed by atoms with van der Waals surface area (Å²) in [6.07, 6.45) is 9.07. The summed E-state index contributed by atoms with van der Waals surface area (Å²) in [4.78, 5) is 35.8. The first-order valence-corrected chi connectivity index (χ1v) is 13.9. The number of aliphatic carboxylic acids is 1. The zero-order valence-electron chi connectivity index (χ0n) is 22.7. The molecule has 0 atom stereocenters. The molecule has 1 heterocycles. The van der Waals surface area contributed by atoms with Crippen molar-refractivity contribution in [1.82, 2.24) is 4.57 Å². The van der Waals surface area contributed by atoms with E-state index in [1.54, 1.807) is 28.8 Å². The average Bonchev–Trinajstić information content (AvgIpc) is 3.20. The number of hydrogen-bond donors (Lipinski definition) is 2. The number of nitrogens with zero attached hydrogens (tertiary/aromatic N) is 1. The lowest BCUT2D eigenvalue weighted by molar-refractivity contribution is -0.136. The predicted octanol–water partition coefficient (Wildman–Crippen LogP) is 7.51. The highest BCUT2D eigenvalue weighted by atomic mass is 16.7. The van der Waals surface area contributed by atoms with E-state index in [0.29, 0.717) is 34.2 Å². The van der Waals surface area contributed by atoms with Crippen LogP contribution in [0.1, 0.15) is 87.1 Å². The van der Waals surface area contributed by atoms with Crippen LogP contribution in [0.2, 0.25) is 0 Å². The van der Waals surface area contributed by atoms with Crippen LogP contribution in [0.3, 0.4) is 0 Å². The standard InChI is InChI=1S/C31H39NO7/c1-2-3-4-5-6-7-8-9-10-15-27(33)29-25-13-11-12-14-26(25)32(30(29)39-31(36)37)20-21-38-24-18-16-23(17-19-24)22-28(34)35/h11-14,16-19H,2-10,15,20-22H2,1H3,(H,34,35)(H,36,37). The Morgan fingerprint density at radius 2 is 1.46 bits per heavy atom. The Labute approximate surface area is 229 Å². The molecule has 0 radical (unpaired) electrons. The molecule has 39 heavy (non-hydrogen) atoms. The average molecular weight is 538 g/mol. The number of Topliss-reactive ketones (excluding diaryl/α,β-unsaturated/α-hetero) is 1. The number of ketones is 1. The van der Waals surface area contributed by atoms with Crippen LogP contribution < -0.4 is 9.47 Å². The molecular formula is C31H39NO7. The van der Waals surface area contributed by atoms with E-state index in [1.165, 1.54) is 38.5 Å². The van der Waals surface area contributed by atoms with Gasteiger partial charge in [-0.2, -0.15) is 0 Å². The number of rotatable bonds is 18. The van der Waals surface area contributed by atoms with Gasteiger partial charge < -0.3 is 24.3 Å². The molecule has 0 unspecified atom stereocenters. The molecule has 0 bridgehead atoms. The van der Waals surface area contributed by atoms with Crippen molar-refractivity contribution in [2.24, 2.45) is 0 Å². The number of benzene rings is 2. The molecule has 0 aliphatic rings. The molecule has 0 amide bonds. The Morgan fingerprint density at radius 1 is 0.821 bits per heavy atom. The van der Waals surface area contributed by atoms with E-state index in [2.05, 4.69) is 6.92 Å². The molecule has 0 aliphatic heterocycles. The van der Waals surface area contributed by atoms with Crippen LogP contribution in [-0.4, -0.2) is 39.3 Å². The smallest absolute Gasteiger partial charge is 0.492 e. The Balaban J connectivity index is 1.66. The number of para-hydroxylation sites is 1. The number of carbonyl (C=O) groups is 3. The SMILES string of the molecule is CCCCCCCCCCCC(=O)c1c(OC(=O)O)n(CCOc2ccc(CC(=O)O)cc2)c2ccccc12. The first kappa shape index (κ1) is 29.7. The highest BCUT2D eigenvalue weighted by Gasteiger charge is 2.25. The van der Waals surface area contributed by atoms with E-state index >= 15 is 0 Å². The highest BCUT2D eigenvalue weighted by Crippen LogP contribution is 2.34. The molecule has 0 saturated carbocycles. The fourth-order valence-corrected chi connectivity index (χ4v) is 4.81. The minimum Gasteiger partial charge on any atom is -0.492 e. The zero-order chi connectivity index (χ0) is 28.0. The van der Waals surface area contributed by atoms with Gasteiger partial charge in [-0.1, -0.05) is 88.6 Å². The number of unbranched alkanes of at least 4 members (excludes halogenated alkanes) is 8. The summed E-state index contributed by atoms with van der Waals surface area (Å²) in [6, 6.07) is 14.1. The van der Waals surface area contributed by atoms with Gasteiger partial charge in [-0.3, -0.25) is 9.59 Å². The summed E-state index contributed by atoms with van der Waals surface area (Å²) in [6.45, 7) is 2.66. The van der Waals surface area contributed by atoms with Gasteiger partial charge in [0.05, 0.1) is 24.0 Å². The maximum atomic E-state index is 13.3. The Morgan fingerprint density at radius 3 is 2.10 bits per heavy atom. The number of aromatic nitrogens is 1. The van der Waals surface area contributed by atoms with E-state index in [9.17, 15) is 19.5 Å². The van der Waals surface area contributed by atoms with Crippen LogP contribution in [-0.2, 0) is 17.8 Å². The summed E-state index contributed by atoms with van der Waals surface area (Å²) in [5, 5.41) is 19.0. The Hall–Kier alpha value is -3.81. The molecule has 2 N–H and O–H groups in total. The minimum atomic E-state index is -1.48. The van der Waals surface area contributed by atoms with Crippen LogP contribution in [0.25, 0.3) is 10.9 Å². The van der Waals surface area contributed by atoms with E-state index in [-0.39, 0.29) is 31.2 Å². The third-order valence-corrected chi connectivity index (χ3v) is 6.76. The van der Waals surface area contributed by atoms with E-state index in [1.807, 2.05) is 24.3 Å². The van der Waals surface area contributed by atoms with Crippen LogP contribution in [0.5, 0.6) is 11.6 Å². The first-order chi connectivity index (χ1) is 18.9. The van der Waals surface area contributed by atoms with Crippen molar-refractivity contribution in [2.45, 2.75) is 84.1 Å². The van der Waals surface area contributed by atoms with Crippen LogP contribution in [0.4, 0.5) is 4.79 Å².